The van der Waals surface area contributed by atoms with Crippen molar-refractivity contribution in [2.45, 2.75) is 25.2 Å². The van der Waals surface area contributed by atoms with Crippen molar-refractivity contribution in [1.82, 2.24) is 0 Å². The Labute approximate surface area is 89.7 Å². The molecule has 0 N–H and O–H groups in total. The predicted octanol–water partition coefficient (Wildman–Crippen LogP) is 4.48. The molecule has 0 saturated heterocycles. The fraction of sp³-hybridized carbons (Fsp3) is 0.455. The third-order valence-corrected chi connectivity index (χ3v) is 3.34. The van der Waals surface area contributed by atoms with E-state index in [1.807, 2.05) is 30.0 Å². The summed E-state index contributed by atoms with van der Waals surface area (Å²) in [6.07, 6.45) is 1.25. The second-order valence-corrected chi connectivity index (χ2v) is 5.01. The molecule has 0 radical (unpaired) electrons. The molecule has 0 atom stereocenters. The van der Waals surface area contributed by atoms with Crippen molar-refractivity contribution in [1.29, 1.82) is 0 Å². The molecule has 0 unspecified atom stereocenters. The van der Waals surface area contributed by atoms with Crippen LogP contribution in [0.15, 0.2) is 29.2 Å². The molecule has 1 aromatic rings. The average molecular weight is 215 g/mol. The normalized spacial score (nSPS) is 10.8. The molecule has 0 aromatic heterocycles. The quantitative estimate of drug-likeness (QED) is 0.667. The van der Waals surface area contributed by atoms with Gasteiger partial charge < -0.3 is 0 Å². The first-order valence-corrected chi connectivity index (χ1v) is 5.94. The van der Waals surface area contributed by atoms with Crippen LogP contribution in [0.4, 0.5) is 0 Å². The molecule has 0 amide bonds. The van der Waals surface area contributed by atoms with Crippen molar-refractivity contribution >= 4 is 23.4 Å². The van der Waals surface area contributed by atoms with Crippen molar-refractivity contribution < 1.29 is 0 Å². The van der Waals surface area contributed by atoms with Crippen LogP contribution >= 0.6 is 23.4 Å². The predicted molar refractivity (Wildman–Crippen MR) is 61.6 cm³/mol. The van der Waals surface area contributed by atoms with Crippen LogP contribution < -0.4 is 0 Å². The molecule has 0 aliphatic heterocycles. The summed E-state index contributed by atoms with van der Waals surface area (Å²) in [5.74, 6) is 1.93. The van der Waals surface area contributed by atoms with Gasteiger partial charge in [0.1, 0.15) is 0 Å². The second kappa shape index (κ2) is 5.56. The van der Waals surface area contributed by atoms with Gasteiger partial charge in [-0.1, -0.05) is 37.6 Å². The number of hydrogen-bond acceptors (Lipinski definition) is 1. The van der Waals surface area contributed by atoms with E-state index in [-0.39, 0.29) is 0 Å². The summed E-state index contributed by atoms with van der Waals surface area (Å²) in [7, 11) is 0. The van der Waals surface area contributed by atoms with Gasteiger partial charge in [-0.05, 0) is 30.2 Å². The van der Waals surface area contributed by atoms with Gasteiger partial charge in [-0.25, -0.2) is 0 Å². The van der Waals surface area contributed by atoms with Crippen molar-refractivity contribution in [2.24, 2.45) is 5.92 Å². The second-order valence-electron chi connectivity index (χ2n) is 3.46. The number of benzene rings is 1. The van der Waals surface area contributed by atoms with Gasteiger partial charge in [-0.2, -0.15) is 0 Å². The van der Waals surface area contributed by atoms with Crippen LogP contribution in [0, 0.1) is 5.92 Å². The molecule has 0 aliphatic carbocycles. The summed E-state index contributed by atoms with van der Waals surface area (Å²) >= 11 is 7.86. The van der Waals surface area contributed by atoms with E-state index in [4.69, 9.17) is 11.6 Å². The first-order chi connectivity index (χ1) is 6.20. The van der Waals surface area contributed by atoms with E-state index in [0.717, 1.165) is 16.7 Å². The van der Waals surface area contributed by atoms with Crippen molar-refractivity contribution in [3.8, 4) is 0 Å². The lowest BCUT2D eigenvalue weighted by atomic mass is 10.2. The minimum absolute atomic E-state index is 0.773. The molecule has 0 saturated carbocycles. The maximum atomic E-state index is 6.02. The summed E-state index contributed by atoms with van der Waals surface area (Å²) in [5.41, 5.74) is 0. The van der Waals surface area contributed by atoms with E-state index in [9.17, 15) is 0 Å². The minimum Gasteiger partial charge on any atom is -0.125 e. The van der Waals surface area contributed by atoms with Crippen molar-refractivity contribution in [3.05, 3.63) is 29.3 Å². The van der Waals surface area contributed by atoms with Crippen LogP contribution in [0.25, 0.3) is 0 Å². The summed E-state index contributed by atoms with van der Waals surface area (Å²) < 4.78 is 0. The lowest BCUT2D eigenvalue weighted by molar-refractivity contribution is 0.632. The van der Waals surface area contributed by atoms with Gasteiger partial charge >= 0.3 is 0 Å². The van der Waals surface area contributed by atoms with E-state index in [1.54, 1.807) is 0 Å². The molecular formula is C11H15ClS. The third kappa shape index (κ3) is 4.06. The van der Waals surface area contributed by atoms with Crippen molar-refractivity contribution in [3.63, 3.8) is 0 Å². The molecule has 0 fully saturated rings. The van der Waals surface area contributed by atoms with Crippen molar-refractivity contribution in [2.75, 3.05) is 5.75 Å². The molecule has 72 valence electrons. The Morgan fingerprint density at radius 3 is 2.62 bits per heavy atom. The first-order valence-electron chi connectivity index (χ1n) is 4.57. The van der Waals surface area contributed by atoms with E-state index in [0.29, 0.717) is 0 Å². The van der Waals surface area contributed by atoms with Gasteiger partial charge in [0.05, 0.1) is 5.02 Å². The monoisotopic (exact) mass is 214 g/mol. The number of thioether (sulfide) groups is 1. The van der Waals surface area contributed by atoms with Gasteiger partial charge in [0.25, 0.3) is 0 Å². The molecule has 13 heavy (non-hydrogen) atoms. The largest absolute Gasteiger partial charge is 0.125 e. The highest BCUT2D eigenvalue weighted by atomic mass is 35.5. The molecular weight excluding hydrogens is 200 g/mol. The van der Waals surface area contributed by atoms with Crippen LogP contribution in [0.2, 0.25) is 5.02 Å². The Bertz CT molecular complexity index is 258. The molecule has 0 bridgehead atoms. The summed E-state index contributed by atoms with van der Waals surface area (Å²) in [4.78, 5) is 1.20. The highest BCUT2D eigenvalue weighted by Gasteiger charge is 2.00. The van der Waals surface area contributed by atoms with Gasteiger partial charge in [0.15, 0.2) is 0 Å². The van der Waals surface area contributed by atoms with E-state index in [1.165, 1.54) is 11.3 Å². The lowest BCUT2D eigenvalue weighted by Crippen LogP contribution is -1.89. The Morgan fingerprint density at radius 1 is 1.31 bits per heavy atom. The molecule has 1 aromatic carbocycles. The molecule has 0 spiro atoms. The smallest absolute Gasteiger partial charge is 0.0541 e. The summed E-state index contributed by atoms with van der Waals surface area (Å²) in [6, 6.07) is 8.02. The Hall–Kier alpha value is -0.140. The molecule has 0 heterocycles. The zero-order chi connectivity index (χ0) is 9.68. The van der Waals surface area contributed by atoms with Gasteiger partial charge in [-0.3, -0.25) is 0 Å². The highest BCUT2D eigenvalue weighted by molar-refractivity contribution is 7.99. The van der Waals surface area contributed by atoms with Crippen LogP contribution in [-0.4, -0.2) is 5.75 Å². The van der Waals surface area contributed by atoms with Crippen LogP contribution in [0.5, 0.6) is 0 Å². The van der Waals surface area contributed by atoms with Gasteiger partial charge in [0.2, 0.25) is 0 Å². The zero-order valence-corrected chi connectivity index (χ0v) is 9.66. The third-order valence-electron chi connectivity index (χ3n) is 1.79. The van der Waals surface area contributed by atoms with E-state index < -0.39 is 0 Å². The fourth-order valence-corrected chi connectivity index (χ4v) is 2.46. The number of halogens is 1. The summed E-state index contributed by atoms with van der Waals surface area (Å²) in [5, 5.41) is 0.872. The Balaban J connectivity index is 2.41. The minimum atomic E-state index is 0.773. The molecule has 2 heteroatoms. The van der Waals surface area contributed by atoms with Crippen LogP contribution in [0.1, 0.15) is 20.3 Å². The first kappa shape index (κ1) is 10.9. The zero-order valence-electron chi connectivity index (χ0n) is 8.09. The topological polar surface area (TPSA) is 0 Å². The van der Waals surface area contributed by atoms with E-state index >= 15 is 0 Å². The van der Waals surface area contributed by atoms with Crippen LogP contribution in [-0.2, 0) is 0 Å². The SMILES string of the molecule is CC(C)CCSc1ccccc1Cl. The lowest BCUT2D eigenvalue weighted by Gasteiger charge is -2.05. The van der Waals surface area contributed by atoms with Crippen LogP contribution in [0.3, 0.4) is 0 Å². The maximum absolute atomic E-state index is 6.02. The highest BCUT2D eigenvalue weighted by Crippen LogP contribution is 2.27. The fourth-order valence-electron chi connectivity index (χ4n) is 0.966. The van der Waals surface area contributed by atoms with Gasteiger partial charge in [0, 0.05) is 4.90 Å². The standard InChI is InChI=1S/C11H15ClS/c1-9(2)7-8-13-11-6-4-3-5-10(11)12/h3-6,9H,7-8H2,1-2H3. The maximum Gasteiger partial charge on any atom is 0.0541 e. The number of rotatable bonds is 4. The Kier molecular flexibility index (Phi) is 4.68. The molecule has 0 nitrogen and oxygen atoms in total. The van der Waals surface area contributed by atoms with Gasteiger partial charge in [-0.15, -0.1) is 11.8 Å². The van der Waals surface area contributed by atoms with E-state index in [2.05, 4.69) is 19.9 Å². The molecule has 0 aliphatic rings. The summed E-state index contributed by atoms with van der Waals surface area (Å²) in [6.45, 7) is 4.49. The Morgan fingerprint density at radius 2 is 2.00 bits per heavy atom. The average Bonchev–Trinajstić information content (AvgIpc) is 2.08. The number of hydrogen-bond donors (Lipinski definition) is 0. The molecule has 1 rings (SSSR count).